The predicted molar refractivity (Wildman–Crippen MR) is 294 cm³/mol. The van der Waals surface area contributed by atoms with Crippen LogP contribution < -0.4 is 4.90 Å². The topological polar surface area (TPSA) is 3.24 Å². The Hall–Kier alpha value is -8.56. The molecule has 1 heterocycles. The molecule has 13 rings (SSSR count). The van der Waals surface area contributed by atoms with E-state index < -0.39 is 0 Å². The van der Waals surface area contributed by atoms with Gasteiger partial charge in [-0.15, -0.1) is 11.3 Å². The summed E-state index contributed by atoms with van der Waals surface area (Å²) in [4.78, 5) is 2.45. The van der Waals surface area contributed by atoms with Crippen LogP contribution in [0.25, 0.3) is 108 Å². The maximum Gasteiger partial charge on any atom is 0.0540 e. The van der Waals surface area contributed by atoms with Crippen LogP contribution in [0.1, 0.15) is 0 Å². The molecule has 68 heavy (non-hydrogen) atoms. The lowest BCUT2D eigenvalue weighted by Crippen LogP contribution is -2.11. The molecule has 0 N–H and O–H groups in total. The third-order valence-corrected chi connectivity index (χ3v) is 14.8. The van der Waals surface area contributed by atoms with Crippen LogP contribution in [-0.2, 0) is 0 Å². The standard InChI is InChI=1S/C66H43NS/c1-3-16-48(17-4-1)65-60-24-10-9-22-56(60)57-39-35-52(42-61(57)66(65)49-18-5-2-6-19-49)55-21-11-13-25-62(55)67(54-38-40-59-58-23-12-14-26-63(58)68-64(59)43-54)53-36-33-46(34-37-53)45-27-29-47(30-28-45)51-32-31-44-15-7-8-20-50(44)41-51/h1-43H. The minimum absolute atomic E-state index is 1.09. The molecule has 0 radical (unpaired) electrons. The maximum absolute atomic E-state index is 2.45. The van der Waals surface area contributed by atoms with E-state index in [1.54, 1.807) is 0 Å². The van der Waals surface area contributed by atoms with Gasteiger partial charge in [-0.05, 0) is 131 Å². The number of para-hydroxylation sites is 1. The largest absolute Gasteiger partial charge is 0.310 e. The molecule has 0 amide bonds. The zero-order chi connectivity index (χ0) is 45.0. The molecule has 0 aliphatic heterocycles. The fraction of sp³-hybridized carbons (Fsp3) is 0. The molecule has 0 fully saturated rings. The molecular weight excluding hydrogens is 839 g/mol. The van der Waals surface area contributed by atoms with Crippen LogP contribution in [0.15, 0.2) is 261 Å². The molecule has 12 aromatic carbocycles. The summed E-state index contributed by atoms with van der Waals surface area (Å²) in [6.07, 6.45) is 0. The van der Waals surface area contributed by atoms with Crippen LogP contribution in [0.2, 0.25) is 0 Å². The van der Waals surface area contributed by atoms with Gasteiger partial charge >= 0.3 is 0 Å². The smallest absolute Gasteiger partial charge is 0.0540 e. The van der Waals surface area contributed by atoms with E-state index in [4.69, 9.17) is 0 Å². The molecule has 0 aliphatic rings. The monoisotopic (exact) mass is 881 g/mol. The second-order valence-electron chi connectivity index (χ2n) is 17.6. The van der Waals surface area contributed by atoms with Gasteiger partial charge in [-0.25, -0.2) is 0 Å². The molecular formula is C66H43NS. The lowest BCUT2D eigenvalue weighted by Gasteiger charge is -2.28. The number of benzene rings is 12. The summed E-state index contributed by atoms with van der Waals surface area (Å²) in [5, 5.41) is 10.1. The summed E-state index contributed by atoms with van der Waals surface area (Å²) in [7, 11) is 0. The van der Waals surface area contributed by atoms with Crippen molar-refractivity contribution in [2.45, 2.75) is 0 Å². The van der Waals surface area contributed by atoms with Crippen LogP contribution in [-0.4, -0.2) is 0 Å². The summed E-state index contributed by atoms with van der Waals surface area (Å²) in [6.45, 7) is 0. The van der Waals surface area contributed by atoms with Gasteiger partial charge in [0.1, 0.15) is 0 Å². The zero-order valence-corrected chi connectivity index (χ0v) is 38.0. The van der Waals surface area contributed by atoms with Crippen molar-refractivity contribution in [1.29, 1.82) is 0 Å². The summed E-state index contributed by atoms with van der Waals surface area (Å²) in [5.41, 5.74) is 15.4. The number of anilines is 3. The molecule has 1 aromatic heterocycles. The van der Waals surface area contributed by atoms with Crippen molar-refractivity contribution in [1.82, 2.24) is 0 Å². The van der Waals surface area contributed by atoms with Crippen molar-refractivity contribution in [3.05, 3.63) is 261 Å². The summed E-state index contributed by atoms with van der Waals surface area (Å²) >= 11 is 1.86. The Labute approximate surface area is 400 Å². The number of nitrogens with zero attached hydrogens (tertiary/aromatic N) is 1. The maximum atomic E-state index is 2.45. The van der Waals surface area contributed by atoms with Crippen LogP contribution in [0.4, 0.5) is 17.1 Å². The van der Waals surface area contributed by atoms with Crippen LogP contribution in [0, 0.1) is 0 Å². The minimum atomic E-state index is 1.09. The first kappa shape index (κ1) is 39.8. The molecule has 0 saturated carbocycles. The van der Waals surface area contributed by atoms with Gasteiger partial charge in [0.15, 0.2) is 0 Å². The van der Waals surface area contributed by atoms with Crippen molar-refractivity contribution in [3.63, 3.8) is 0 Å². The van der Waals surface area contributed by atoms with Crippen LogP contribution >= 0.6 is 11.3 Å². The van der Waals surface area contributed by atoms with Crippen molar-refractivity contribution in [3.8, 4) is 55.6 Å². The summed E-state index contributed by atoms with van der Waals surface area (Å²) in [6, 6.07) is 95.8. The van der Waals surface area contributed by atoms with Gasteiger partial charge in [-0.1, -0.05) is 212 Å². The number of rotatable bonds is 8. The molecule has 13 aromatic rings. The van der Waals surface area contributed by atoms with E-state index in [-0.39, 0.29) is 0 Å². The van der Waals surface area contributed by atoms with Gasteiger partial charge in [0.25, 0.3) is 0 Å². The molecule has 2 heteroatoms. The second kappa shape index (κ2) is 16.7. The SMILES string of the molecule is c1ccc(-c2c(-c3ccccc3)c3cc(-c4ccccc4N(c4ccc(-c5ccc(-c6ccc7ccccc7c6)cc5)cc4)c4ccc5c(c4)sc4ccccc45)ccc3c3ccccc23)cc1. The van der Waals surface area contributed by atoms with Crippen molar-refractivity contribution in [2.75, 3.05) is 4.90 Å². The van der Waals surface area contributed by atoms with Gasteiger partial charge in [-0.2, -0.15) is 0 Å². The van der Waals surface area contributed by atoms with E-state index in [1.165, 1.54) is 97.0 Å². The average Bonchev–Trinajstić information content (AvgIpc) is 3.79. The van der Waals surface area contributed by atoms with Crippen LogP contribution in [0.3, 0.4) is 0 Å². The van der Waals surface area contributed by atoms with E-state index >= 15 is 0 Å². The Balaban J connectivity index is 0.966. The lowest BCUT2D eigenvalue weighted by atomic mass is 9.84. The number of hydrogen-bond acceptors (Lipinski definition) is 2. The van der Waals surface area contributed by atoms with E-state index in [0.29, 0.717) is 0 Å². The minimum Gasteiger partial charge on any atom is -0.310 e. The highest BCUT2D eigenvalue weighted by molar-refractivity contribution is 7.25. The van der Waals surface area contributed by atoms with E-state index in [0.717, 1.165) is 28.2 Å². The van der Waals surface area contributed by atoms with E-state index in [2.05, 4.69) is 266 Å². The van der Waals surface area contributed by atoms with Gasteiger partial charge in [-0.3, -0.25) is 0 Å². The van der Waals surface area contributed by atoms with Gasteiger partial charge < -0.3 is 4.90 Å². The average molecular weight is 882 g/mol. The molecule has 0 bridgehead atoms. The molecule has 1 nitrogen and oxygen atoms in total. The molecule has 0 spiro atoms. The van der Waals surface area contributed by atoms with Crippen LogP contribution in [0.5, 0.6) is 0 Å². The Kier molecular flexibility index (Phi) is 9.77. The highest BCUT2D eigenvalue weighted by Crippen LogP contribution is 2.48. The number of hydrogen-bond donors (Lipinski definition) is 0. The first-order valence-electron chi connectivity index (χ1n) is 23.3. The quantitative estimate of drug-likeness (QED) is 0.137. The Morgan fingerprint density at radius 1 is 0.250 bits per heavy atom. The molecule has 0 aliphatic carbocycles. The predicted octanol–water partition coefficient (Wildman–Crippen LogP) is 19.3. The summed E-state index contributed by atoms with van der Waals surface area (Å²) < 4.78 is 2.57. The van der Waals surface area contributed by atoms with E-state index in [9.17, 15) is 0 Å². The third kappa shape index (κ3) is 6.93. The second-order valence-corrected chi connectivity index (χ2v) is 18.7. The molecule has 0 atom stereocenters. The lowest BCUT2D eigenvalue weighted by molar-refractivity contribution is 1.29. The normalized spacial score (nSPS) is 11.5. The Morgan fingerprint density at radius 3 is 1.50 bits per heavy atom. The van der Waals surface area contributed by atoms with Gasteiger partial charge in [0, 0.05) is 37.1 Å². The van der Waals surface area contributed by atoms with Crippen molar-refractivity contribution in [2.24, 2.45) is 0 Å². The third-order valence-electron chi connectivity index (χ3n) is 13.7. The van der Waals surface area contributed by atoms with Crippen molar-refractivity contribution >= 4 is 80.9 Å². The van der Waals surface area contributed by atoms with E-state index in [1.807, 2.05) is 11.3 Å². The molecule has 0 unspecified atom stereocenters. The fourth-order valence-corrected chi connectivity index (χ4v) is 11.5. The molecule has 318 valence electrons. The van der Waals surface area contributed by atoms with Crippen molar-refractivity contribution < 1.29 is 0 Å². The number of thiophene rings is 1. The first-order chi connectivity index (χ1) is 33.7. The van der Waals surface area contributed by atoms with Gasteiger partial charge in [0.2, 0.25) is 0 Å². The Bertz CT molecular complexity index is 4000. The summed E-state index contributed by atoms with van der Waals surface area (Å²) in [5.74, 6) is 0. The number of fused-ring (bicyclic) bond motifs is 7. The highest BCUT2D eigenvalue weighted by atomic mass is 32.1. The fourth-order valence-electron chi connectivity index (χ4n) is 10.4. The van der Waals surface area contributed by atoms with Gasteiger partial charge in [0.05, 0.1) is 5.69 Å². The highest BCUT2D eigenvalue weighted by Gasteiger charge is 2.22. The molecule has 0 saturated heterocycles. The first-order valence-corrected chi connectivity index (χ1v) is 24.1. The Morgan fingerprint density at radius 2 is 0.750 bits per heavy atom. The zero-order valence-electron chi connectivity index (χ0n) is 37.2.